The van der Waals surface area contributed by atoms with Crippen LogP contribution in [0.2, 0.25) is 0 Å². The van der Waals surface area contributed by atoms with Gasteiger partial charge in [0, 0.05) is 36.7 Å². The molecule has 2 heterocycles. The molecule has 3 rings (SSSR count). The molecular formula is C15H17N3O. The van der Waals surface area contributed by atoms with Crippen LogP contribution >= 0.6 is 0 Å². The van der Waals surface area contributed by atoms with Gasteiger partial charge in [-0.2, -0.15) is 0 Å². The molecule has 1 aliphatic heterocycles. The number of aromatic nitrogens is 1. The van der Waals surface area contributed by atoms with Gasteiger partial charge in [-0.1, -0.05) is 12.1 Å². The third kappa shape index (κ3) is 2.21. The number of hydrogen-bond donors (Lipinski definition) is 1. The third-order valence-electron chi connectivity index (χ3n) is 3.59. The van der Waals surface area contributed by atoms with Crippen molar-refractivity contribution in [3.63, 3.8) is 0 Å². The monoisotopic (exact) mass is 255 g/mol. The highest BCUT2D eigenvalue weighted by Crippen LogP contribution is 2.28. The Morgan fingerprint density at radius 3 is 3.05 bits per heavy atom. The Labute approximate surface area is 112 Å². The zero-order valence-electron chi connectivity index (χ0n) is 11.0. The topological polar surface area (TPSA) is 51.4 Å². The Bertz CT molecular complexity index is 598. The van der Waals surface area contributed by atoms with E-state index in [2.05, 4.69) is 16.0 Å². The highest BCUT2D eigenvalue weighted by Gasteiger charge is 2.18. The van der Waals surface area contributed by atoms with E-state index < -0.39 is 0 Å². The average molecular weight is 255 g/mol. The summed E-state index contributed by atoms with van der Waals surface area (Å²) in [6.45, 7) is 1.85. The predicted octanol–water partition coefficient (Wildman–Crippen LogP) is 2.24. The molecule has 4 heteroatoms. The molecule has 2 N–H and O–H groups in total. The van der Waals surface area contributed by atoms with Crippen LogP contribution in [-0.2, 0) is 13.0 Å². The van der Waals surface area contributed by atoms with E-state index in [1.165, 1.54) is 11.1 Å². The minimum Gasteiger partial charge on any atom is -0.481 e. The van der Waals surface area contributed by atoms with Gasteiger partial charge in [-0.15, -0.1) is 0 Å². The normalized spacial score (nSPS) is 14.1. The number of nitrogens with two attached hydrogens (primary N) is 1. The first kappa shape index (κ1) is 11.8. The summed E-state index contributed by atoms with van der Waals surface area (Å²) in [4.78, 5) is 6.47. The molecule has 0 amide bonds. The maximum Gasteiger partial charge on any atom is 0.214 e. The van der Waals surface area contributed by atoms with Gasteiger partial charge in [0.05, 0.1) is 7.11 Å². The Balaban J connectivity index is 1.89. The van der Waals surface area contributed by atoms with Crippen molar-refractivity contribution in [2.24, 2.45) is 0 Å². The molecule has 1 aliphatic rings. The van der Waals surface area contributed by atoms with Crippen LogP contribution in [0.4, 0.5) is 11.4 Å². The number of hydrogen-bond acceptors (Lipinski definition) is 4. The van der Waals surface area contributed by atoms with E-state index in [0.29, 0.717) is 5.88 Å². The smallest absolute Gasteiger partial charge is 0.214 e. The van der Waals surface area contributed by atoms with Crippen molar-refractivity contribution >= 4 is 11.4 Å². The van der Waals surface area contributed by atoms with Crippen LogP contribution < -0.4 is 15.4 Å². The molecule has 0 fully saturated rings. The maximum absolute atomic E-state index is 6.02. The maximum atomic E-state index is 6.02. The number of rotatable bonds is 2. The summed E-state index contributed by atoms with van der Waals surface area (Å²) in [5, 5.41) is 0. The van der Waals surface area contributed by atoms with Crippen LogP contribution in [0.1, 0.15) is 11.1 Å². The van der Waals surface area contributed by atoms with Crippen LogP contribution in [0.25, 0.3) is 0 Å². The molecule has 1 aromatic carbocycles. The number of methoxy groups -OCH3 is 1. The molecule has 0 atom stereocenters. The molecule has 2 aromatic rings. The molecule has 0 unspecified atom stereocenters. The zero-order valence-corrected chi connectivity index (χ0v) is 11.0. The first-order chi connectivity index (χ1) is 9.28. The first-order valence-electron chi connectivity index (χ1n) is 6.39. The van der Waals surface area contributed by atoms with Crippen molar-refractivity contribution in [1.29, 1.82) is 0 Å². The summed E-state index contributed by atoms with van der Waals surface area (Å²) in [6.07, 6.45) is 2.76. The third-order valence-corrected chi connectivity index (χ3v) is 3.59. The van der Waals surface area contributed by atoms with E-state index in [-0.39, 0.29) is 0 Å². The lowest BCUT2D eigenvalue weighted by molar-refractivity contribution is 0.398. The van der Waals surface area contributed by atoms with E-state index in [1.54, 1.807) is 13.3 Å². The van der Waals surface area contributed by atoms with Gasteiger partial charge in [-0.05, 0) is 29.7 Å². The van der Waals surface area contributed by atoms with Gasteiger partial charge in [-0.25, -0.2) is 4.98 Å². The van der Waals surface area contributed by atoms with Crippen molar-refractivity contribution < 1.29 is 4.74 Å². The fourth-order valence-electron chi connectivity index (χ4n) is 2.57. The quantitative estimate of drug-likeness (QED) is 0.836. The Hall–Kier alpha value is -2.23. The molecule has 19 heavy (non-hydrogen) atoms. The van der Waals surface area contributed by atoms with Crippen molar-refractivity contribution in [2.75, 3.05) is 24.3 Å². The molecule has 1 aromatic heterocycles. The fourth-order valence-corrected chi connectivity index (χ4v) is 2.57. The van der Waals surface area contributed by atoms with Crippen LogP contribution in [0.5, 0.6) is 5.88 Å². The summed E-state index contributed by atoms with van der Waals surface area (Å²) in [7, 11) is 1.64. The lowest BCUT2D eigenvalue weighted by atomic mass is 9.98. The van der Waals surface area contributed by atoms with Crippen LogP contribution in [-0.4, -0.2) is 18.6 Å². The van der Waals surface area contributed by atoms with E-state index in [0.717, 1.165) is 30.9 Å². The lowest BCUT2D eigenvalue weighted by Crippen LogP contribution is -2.30. The molecular weight excluding hydrogens is 238 g/mol. The van der Waals surface area contributed by atoms with E-state index >= 15 is 0 Å². The van der Waals surface area contributed by atoms with Crippen LogP contribution in [0, 0.1) is 0 Å². The average Bonchev–Trinajstić information content (AvgIpc) is 2.47. The largest absolute Gasteiger partial charge is 0.481 e. The summed E-state index contributed by atoms with van der Waals surface area (Å²) < 4.78 is 5.18. The van der Waals surface area contributed by atoms with Gasteiger partial charge >= 0.3 is 0 Å². The van der Waals surface area contributed by atoms with Crippen LogP contribution in [0.3, 0.4) is 0 Å². The second kappa shape index (κ2) is 4.80. The highest BCUT2D eigenvalue weighted by molar-refractivity contribution is 5.56. The Kier molecular flexibility index (Phi) is 2.99. The van der Waals surface area contributed by atoms with Crippen molar-refractivity contribution in [1.82, 2.24) is 4.98 Å². The number of nitrogen functional groups attached to an aromatic ring is 1. The molecule has 98 valence electrons. The number of benzene rings is 1. The standard InChI is InChI=1S/C15H17N3O/c1-19-15-9-12(5-7-17-15)18-8-6-13-11(10-18)3-2-4-14(13)16/h2-5,7,9H,6,8,10,16H2,1H3. The molecule has 0 spiro atoms. The molecule has 4 nitrogen and oxygen atoms in total. The summed E-state index contributed by atoms with van der Waals surface area (Å²) >= 11 is 0. The number of anilines is 2. The highest BCUT2D eigenvalue weighted by atomic mass is 16.5. The van der Waals surface area contributed by atoms with Gasteiger partial charge < -0.3 is 15.4 Å². The van der Waals surface area contributed by atoms with Crippen LogP contribution in [0.15, 0.2) is 36.5 Å². The summed E-state index contributed by atoms with van der Waals surface area (Å²) in [5.74, 6) is 0.649. The number of nitrogens with zero attached hydrogens (tertiary/aromatic N) is 2. The van der Waals surface area contributed by atoms with Gasteiger partial charge in [0.1, 0.15) is 0 Å². The van der Waals surface area contributed by atoms with Gasteiger partial charge in [0.15, 0.2) is 0 Å². The zero-order chi connectivity index (χ0) is 13.2. The fraction of sp³-hybridized carbons (Fsp3) is 0.267. The lowest BCUT2D eigenvalue weighted by Gasteiger charge is -2.31. The van der Waals surface area contributed by atoms with Gasteiger partial charge in [0.25, 0.3) is 0 Å². The Morgan fingerprint density at radius 2 is 2.21 bits per heavy atom. The molecule has 0 aliphatic carbocycles. The number of ether oxygens (including phenoxy) is 1. The van der Waals surface area contributed by atoms with E-state index in [4.69, 9.17) is 10.5 Å². The van der Waals surface area contributed by atoms with Gasteiger partial charge in [-0.3, -0.25) is 0 Å². The second-order valence-electron chi connectivity index (χ2n) is 4.71. The van der Waals surface area contributed by atoms with E-state index in [1.807, 2.05) is 24.3 Å². The summed E-state index contributed by atoms with van der Waals surface area (Å²) in [5.41, 5.74) is 10.7. The molecule has 0 radical (unpaired) electrons. The molecule has 0 saturated carbocycles. The number of pyridine rings is 1. The SMILES string of the molecule is COc1cc(N2CCc3c(N)cccc3C2)ccn1. The number of fused-ring (bicyclic) bond motifs is 1. The van der Waals surface area contributed by atoms with Crippen molar-refractivity contribution in [3.8, 4) is 5.88 Å². The summed E-state index contributed by atoms with van der Waals surface area (Å²) in [6, 6.07) is 10.1. The first-order valence-corrected chi connectivity index (χ1v) is 6.39. The molecule has 0 saturated heterocycles. The van der Waals surface area contributed by atoms with Gasteiger partial charge in [0.2, 0.25) is 5.88 Å². The van der Waals surface area contributed by atoms with Crippen molar-refractivity contribution in [3.05, 3.63) is 47.7 Å². The molecule has 0 bridgehead atoms. The predicted molar refractivity (Wildman–Crippen MR) is 76.4 cm³/mol. The van der Waals surface area contributed by atoms with E-state index in [9.17, 15) is 0 Å². The minimum absolute atomic E-state index is 0.649. The minimum atomic E-state index is 0.649. The van der Waals surface area contributed by atoms with Crippen molar-refractivity contribution in [2.45, 2.75) is 13.0 Å². The Morgan fingerprint density at radius 1 is 1.32 bits per heavy atom. The second-order valence-corrected chi connectivity index (χ2v) is 4.71.